The summed E-state index contributed by atoms with van der Waals surface area (Å²) in [7, 11) is 0. The Bertz CT molecular complexity index is 890. The fourth-order valence-corrected chi connectivity index (χ4v) is 2.82. The third kappa shape index (κ3) is 4.61. The van der Waals surface area contributed by atoms with Crippen molar-refractivity contribution in [2.75, 3.05) is 18.5 Å². The minimum absolute atomic E-state index is 0.0712. The van der Waals surface area contributed by atoms with E-state index in [1.807, 2.05) is 0 Å². The lowest BCUT2D eigenvalue weighted by Crippen LogP contribution is -2.17. The van der Waals surface area contributed by atoms with E-state index in [9.17, 15) is 14.4 Å². The molecule has 0 bridgehead atoms. The topological polar surface area (TPSA) is 94.8 Å². The molecule has 0 aliphatic carbocycles. The van der Waals surface area contributed by atoms with Crippen molar-refractivity contribution < 1.29 is 28.3 Å². The third-order valence-corrected chi connectivity index (χ3v) is 3.99. The number of hydrogen-bond acceptors (Lipinski definition) is 6. The monoisotopic (exact) mass is 413 g/mol. The molecule has 1 N–H and O–H groups in total. The van der Waals surface area contributed by atoms with E-state index in [4.69, 9.17) is 37.1 Å². The van der Waals surface area contributed by atoms with E-state index < -0.39 is 17.8 Å². The molecule has 0 aliphatic rings. The first kappa shape index (κ1) is 20.8. The van der Waals surface area contributed by atoms with Crippen LogP contribution in [0.2, 0.25) is 10.0 Å². The maximum Gasteiger partial charge on any atom is 0.344 e. The van der Waals surface area contributed by atoms with E-state index in [0.717, 1.165) is 0 Å². The molecular weight excluding hydrogens is 397 g/mol. The van der Waals surface area contributed by atoms with Crippen LogP contribution in [-0.2, 0) is 9.47 Å². The van der Waals surface area contributed by atoms with Gasteiger partial charge < -0.3 is 13.9 Å². The number of halogens is 2. The number of furan rings is 1. The zero-order valence-electron chi connectivity index (χ0n) is 14.9. The minimum Gasteiger partial charge on any atom is -0.462 e. The van der Waals surface area contributed by atoms with Gasteiger partial charge in [0.15, 0.2) is 0 Å². The maximum absolute atomic E-state index is 12.5. The normalized spacial score (nSPS) is 10.4. The highest BCUT2D eigenvalue weighted by Gasteiger charge is 2.31. The molecule has 2 aromatic rings. The van der Waals surface area contributed by atoms with E-state index in [1.165, 1.54) is 25.1 Å². The van der Waals surface area contributed by atoms with Crippen LogP contribution in [0.4, 0.5) is 5.88 Å². The standard InChI is InChI=1S/C18H17Cl2NO6/c1-4-25-17(23)13-9(3)27-16(14(13)18(24)26-5-2)21-15(22)11-7-6-10(19)8-12(11)20/h6-8H,4-5H2,1-3H3,(H,21,22). The molecule has 0 aliphatic heterocycles. The van der Waals surface area contributed by atoms with E-state index in [1.54, 1.807) is 13.8 Å². The fraction of sp³-hybridized carbons (Fsp3) is 0.278. The number of anilines is 1. The molecule has 0 atom stereocenters. The molecule has 1 aromatic carbocycles. The van der Waals surface area contributed by atoms with Crippen molar-refractivity contribution in [1.29, 1.82) is 0 Å². The average Bonchev–Trinajstić information content (AvgIpc) is 2.91. The molecule has 0 unspecified atom stereocenters. The Hall–Kier alpha value is -2.51. The van der Waals surface area contributed by atoms with Gasteiger partial charge in [-0.15, -0.1) is 0 Å². The maximum atomic E-state index is 12.5. The Morgan fingerprint density at radius 3 is 2.19 bits per heavy atom. The highest BCUT2D eigenvalue weighted by Crippen LogP contribution is 2.30. The smallest absolute Gasteiger partial charge is 0.344 e. The molecule has 7 nitrogen and oxygen atoms in total. The van der Waals surface area contributed by atoms with Gasteiger partial charge in [0.25, 0.3) is 5.91 Å². The van der Waals surface area contributed by atoms with Crippen LogP contribution in [-0.4, -0.2) is 31.1 Å². The van der Waals surface area contributed by atoms with E-state index in [-0.39, 0.29) is 46.6 Å². The van der Waals surface area contributed by atoms with Crippen molar-refractivity contribution in [2.24, 2.45) is 0 Å². The lowest BCUT2D eigenvalue weighted by Gasteiger charge is -2.08. The SMILES string of the molecule is CCOC(=O)c1c(C)oc(NC(=O)c2ccc(Cl)cc2Cl)c1C(=O)OCC. The van der Waals surface area contributed by atoms with Gasteiger partial charge in [-0.1, -0.05) is 23.2 Å². The van der Waals surface area contributed by atoms with Crippen molar-refractivity contribution in [1.82, 2.24) is 0 Å². The summed E-state index contributed by atoms with van der Waals surface area (Å²) in [6, 6.07) is 4.32. The van der Waals surface area contributed by atoms with Crippen LogP contribution in [0.25, 0.3) is 0 Å². The number of amides is 1. The molecule has 0 saturated carbocycles. The average molecular weight is 414 g/mol. The molecule has 0 saturated heterocycles. The molecule has 27 heavy (non-hydrogen) atoms. The highest BCUT2D eigenvalue weighted by molar-refractivity contribution is 6.37. The molecule has 1 heterocycles. The van der Waals surface area contributed by atoms with Crippen LogP contribution < -0.4 is 5.32 Å². The summed E-state index contributed by atoms with van der Waals surface area (Å²) in [4.78, 5) is 37.1. The zero-order chi connectivity index (χ0) is 20.1. The van der Waals surface area contributed by atoms with Gasteiger partial charge >= 0.3 is 11.9 Å². The van der Waals surface area contributed by atoms with Crippen LogP contribution in [0.1, 0.15) is 50.7 Å². The molecule has 0 fully saturated rings. The van der Waals surface area contributed by atoms with Gasteiger partial charge in [0.2, 0.25) is 5.88 Å². The van der Waals surface area contributed by atoms with Gasteiger partial charge in [0.1, 0.15) is 16.9 Å². The number of esters is 2. The van der Waals surface area contributed by atoms with Gasteiger partial charge in [-0.2, -0.15) is 0 Å². The summed E-state index contributed by atoms with van der Waals surface area (Å²) >= 11 is 11.9. The Morgan fingerprint density at radius 1 is 1.04 bits per heavy atom. The van der Waals surface area contributed by atoms with Gasteiger partial charge in [0.05, 0.1) is 23.8 Å². The van der Waals surface area contributed by atoms with Crippen molar-refractivity contribution in [3.63, 3.8) is 0 Å². The summed E-state index contributed by atoms with van der Waals surface area (Å²) in [5.74, 6) is -2.35. The zero-order valence-corrected chi connectivity index (χ0v) is 16.4. The van der Waals surface area contributed by atoms with E-state index in [0.29, 0.717) is 5.02 Å². The van der Waals surface area contributed by atoms with Crippen LogP contribution in [0.5, 0.6) is 0 Å². The van der Waals surface area contributed by atoms with Crippen molar-refractivity contribution in [2.45, 2.75) is 20.8 Å². The minimum atomic E-state index is -0.824. The number of carbonyl (C=O) groups excluding carboxylic acids is 3. The number of benzene rings is 1. The second kappa shape index (κ2) is 8.92. The third-order valence-electron chi connectivity index (χ3n) is 3.45. The predicted octanol–water partition coefficient (Wildman–Crippen LogP) is 4.50. The summed E-state index contributed by atoms with van der Waals surface area (Å²) in [6.45, 7) is 4.89. The summed E-state index contributed by atoms with van der Waals surface area (Å²) in [6.07, 6.45) is 0. The van der Waals surface area contributed by atoms with Crippen molar-refractivity contribution in [3.8, 4) is 0 Å². The number of hydrogen-bond donors (Lipinski definition) is 1. The molecule has 2 rings (SSSR count). The Balaban J connectivity index is 2.46. The highest BCUT2D eigenvalue weighted by atomic mass is 35.5. The number of nitrogens with one attached hydrogen (secondary N) is 1. The van der Waals surface area contributed by atoms with E-state index >= 15 is 0 Å². The number of ether oxygens (including phenoxy) is 2. The van der Waals surface area contributed by atoms with Crippen LogP contribution >= 0.6 is 23.2 Å². The number of aryl methyl sites for hydroxylation is 1. The van der Waals surface area contributed by atoms with Crippen LogP contribution in [0.3, 0.4) is 0 Å². The summed E-state index contributed by atoms with van der Waals surface area (Å²) < 4.78 is 15.4. The number of rotatable bonds is 6. The molecule has 0 spiro atoms. The molecule has 9 heteroatoms. The second-order valence-corrected chi connectivity index (χ2v) is 6.10. The van der Waals surface area contributed by atoms with Crippen LogP contribution in [0, 0.1) is 6.92 Å². The largest absolute Gasteiger partial charge is 0.462 e. The quantitative estimate of drug-likeness (QED) is 0.700. The first-order valence-electron chi connectivity index (χ1n) is 8.04. The van der Waals surface area contributed by atoms with Crippen molar-refractivity contribution in [3.05, 3.63) is 50.7 Å². The van der Waals surface area contributed by atoms with Crippen LogP contribution in [0.15, 0.2) is 22.6 Å². The second-order valence-electron chi connectivity index (χ2n) is 5.26. The van der Waals surface area contributed by atoms with Gasteiger partial charge in [-0.3, -0.25) is 10.1 Å². The summed E-state index contributed by atoms with van der Waals surface area (Å²) in [5.41, 5.74) is -0.207. The molecule has 0 radical (unpaired) electrons. The Kier molecular flexibility index (Phi) is 6.87. The Morgan fingerprint density at radius 2 is 1.63 bits per heavy atom. The van der Waals surface area contributed by atoms with Gasteiger partial charge in [-0.05, 0) is 39.0 Å². The first-order valence-corrected chi connectivity index (χ1v) is 8.79. The molecule has 1 aromatic heterocycles. The first-order chi connectivity index (χ1) is 12.8. The summed E-state index contributed by atoms with van der Waals surface area (Å²) in [5, 5.41) is 2.92. The lowest BCUT2D eigenvalue weighted by molar-refractivity contribution is 0.0480. The van der Waals surface area contributed by atoms with Crippen molar-refractivity contribution >= 4 is 46.9 Å². The van der Waals surface area contributed by atoms with Gasteiger partial charge in [0, 0.05) is 5.02 Å². The molecular formula is C18H17Cl2NO6. The predicted molar refractivity (Wildman–Crippen MR) is 99.8 cm³/mol. The Labute approximate surface area is 165 Å². The number of carbonyl (C=O) groups is 3. The lowest BCUT2D eigenvalue weighted by atomic mass is 10.1. The fourth-order valence-electron chi connectivity index (χ4n) is 2.32. The van der Waals surface area contributed by atoms with E-state index in [2.05, 4.69) is 5.32 Å². The van der Waals surface area contributed by atoms with Gasteiger partial charge in [-0.25, -0.2) is 9.59 Å². The molecule has 144 valence electrons. The molecule has 1 amide bonds.